The van der Waals surface area contributed by atoms with Gasteiger partial charge in [-0.25, -0.2) is 13.8 Å². The van der Waals surface area contributed by atoms with Crippen molar-refractivity contribution in [1.82, 2.24) is 9.97 Å². The summed E-state index contributed by atoms with van der Waals surface area (Å²) < 4.78 is 26.8. The van der Waals surface area contributed by atoms with Gasteiger partial charge in [-0.05, 0) is 28.8 Å². The second-order valence-electron chi connectivity index (χ2n) is 4.25. The van der Waals surface area contributed by atoms with Crippen molar-refractivity contribution in [1.29, 1.82) is 5.26 Å². The molecule has 0 unspecified atom stereocenters. The Bertz CT molecular complexity index is 460. The molecule has 0 amide bonds. The molecule has 3 nitrogen and oxygen atoms in total. The van der Waals surface area contributed by atoms with E-state index in [4.69, 9.17) is 0 Å². The molecule has 1 aliphatic rings. The van der Waals surface area contributed by atoms with Crippen molar-refractivity contribution in [2.24, 2.45) is 0 Å². The van der Waals surface area contributed by atoms with E-state index in [-0.39, 0.29) is 25.7 Å². The fourth-order valence-electron chi connectivity index (χ4n) is 2.09. The minimum atomic E-state index is -2.66. The number of halogens is 3. The Morgan fingerprint density at radius 1 is 1.18 bits per heavy atom. The zero-order valence-corrected chi connectivity index (χ0v) is 10.5. The third kappa shape index (κ3) is 2.29. The lowest BCUT2D eigenvalue weighted by molar-refractivity contribution is -0.0458. The van der Waals surface area contributed by atoms with Crippen LogP contribution in [-0.4, -0.2) is 15.9 Å². The largest absolute Gasteiger partial charge is 0.255 e. The van der Waals surface area contributed by atoms with E-state index >= 15 is 0 Å². The number of nitriles is 1. The van der Waals surface area contributed by atoms with Gasteiger partial charge >= 0.3 is 0 Å². The maximum atomic E-state index is 13.1. The molecule has 1 aromatic rings. The van der Waals surface area contributed by atoms with E-state index in [1.54, 1.807) is 0 Å². The van der Waals surface area contributed by atoms with Crippen LogP contribution in [0.1, 0.15) is 31.4 Å². The lowest BCUT2D eigenvalue weighted by atomic mass is 9.72. The first-order valence-electron chi connectivity index (χ1n) is 5.25. The minimum absolute atomic E-state index is 0.119. The maximum Gasteiger partial charge on any atom is 0.248 e. The van der Waals surface area contributed by atoms with Crippen LogP contribution in [-0.2, 0) is 5.41 Å². The van der Waals surface area contributed by atoms with Crippen molar-refractivity contribution in [2.45, 2.75) is 37.0 Å². The SMILES string of the molecule is N#CC1(c2nccnc2Br)CCC(F)(F)CC1. The number of rotatable bonds is 1. The lowest BCUT2D eigenvalue weighted by Crippen LogP contribution is -2.36. The van der Waals surface area contributed by atoms with Crippen LogP contribution in [0, 0.1) is 11.3 Å². The molecule has 0 N–H and O–H groups in total. The summed E-state index contributed by atoms with van der Waals surface area (Å²) in [6.45, 7) is 0. The highest BCUT2D eigenvalue weighted by atomic mass is 79.9. The summed E-state index contributed by atoms with van der Waals surface area (Å²) in [6, 6.07) is 2.15. The molecular weight excluding hydrogens is 292 g/mol. The molecule has 0 radical (unpaired) electrons. The molecular formula is C11H10BrF2N3. The normalized spacial score (nSPS) is 21.8. The highest BCUT2D eigenvalue weighted by Gasteiger charge is 2.46. The predicted molar refractivity (Wildman–Crippen MR) is 60.4 cm³/mol. The summed E-state index contributed by atoms with van der Waals surface area (Å²) >= 11 is 3.22. The highest BCUT2D eigenvalue weighted by molar-refractivity contribution is 9.10. The molecule has 1 fully saturated rings. The van der Waals surface area contributed by atoms with Gasteiger partial charge in [-0.15, -0.1) is 0 Å². The summed E-state index contributed by atoms with van der Waals surface area (Å²) in [7, 11) is 0. The first kappa shape index (κ1) is 12.4. The average molecular weight is 302 g/mol. The molecule has 1 saturated carbocycles. The molecule has 1 aliphatic carbocycles. The van der Waals surface area contributed by atoms with Gasteiger partial charge in [-0.1, -0.05) is 0 Å². The van der Waals surface area contributed by atoms with Crippen molar-refractivity contribution in [3.8, 4) is 6.07 Å². The van der Waals surface area contributed by atoms with Crippen LogP contribution >= 0.6 is 15.9 Å². The van der Waals surface area contributed by atoms with Crippen LogP contribution < -0.4 is 0 Å². The molecule has 6 heteroatoms. The van der Waals surface area contributed by atoms with Crippen molar-refractivity contribution in [2.75, 3.05) is 0 Å². The van der Waals surface area contributed by atoms with Crippen LogP contribution in [0.2, 0.25) is 0 Å². The Hall–Kier alpha value is -1.09. The average Bonchev–Trinajstić information content (AvgIpc) is 2.31. The quantitative estimate of drug-likeness (QED) is 0.800. The van der Waals surface area contributed by atoms with Crippen molar-refractivity contribution < 1.29 is 8.78 Å². The Kier molecular flexibility index (Phi) is 3.13. The Labute approximate surface area is 106 Å². The molecule has 0 aromatic carbocycles. The van der Waals surface area contributed by atoms with Gasteiger partial charge in [0, 0.05) is 25.2 Å². The van der Waals surface area contributed by atoms with Crippen LogP contribution in [0.3, 0.4) is 0 Å². The number of hydrogen-bond donors (Lipinski definition) is 0. The summed E-state index contributed by atoms with van der Waals surface area (Å²) in [4.78, 5) is 8.12. The number of nitrogens with zero attached hydrogens (tertiary/aromatic N) is 3. The second kappa shape index (κ2) is 4.30. The van der Waals surface area contributed by atoms with E-state index in [9.17, 15) is 14.0 Å². The van der Waals surface area contributed by atoms with Gasteiger partial charge in [0.05, 0.1) is 11.8 Å². The topological polar surface area (TPSA) is 49.6 Å². The van der Waals surface area contributed by atoms with Gasteiger partial charge in [-0.2, -0.15) is 5.26 Å². The van der Waals surface area contributed by atoms with Crippen molar-refractivity contribution in [3.63, 3.8) is 0 Å². The Morgan fingerprint density at radius 3 is 2.29 bits per heavy atom. The standard InChI is InChI=1S/C11H10BrF2N3/c12-9-8(16-5-6-17-9)10(7-15)1-3-11(13,14)4-2-10/h5-6H,1-4H2. The zero-order chi connectivity index (χ0) is 12.5. The van der Waals surface area contributed by atoms with E-state index < -0.39 is 11.3 Å². The first-order valence-corrected chi connectivity index (χ1v) is 6.04. The van der Waals surface area contributed by atoms with E-state index in [0.717, 1.165) is 0 Å². The molecule has 2 rings (SSSR count). The molecule has 1 aromatic heterocycles. The number of hydrogen-bond acceptors (Lipinski definition) is 3. The zero-order valence-electron chi connectivity index (χ0n) is 8.96. The molecule has 0 saturated heterocycles. The van der Waals surface area contributed by atoms with E-state index in [0.29, 0.717) is 10.3 Å². The summed E-state index contributed by atoms with van der Waals surface area (Å²) in [6.07, 6.45) is 2.66. The third-order valence-electron chi connectivity index (χ3n) is 3.16. The highest BCUT2D eigenvalue weighted by Crippen LogP contribution is 2.45. The monoisotopic (exact) mass is 301 g/mol. The summed E-state index contributed by atoms with van der Waals surface area (Å²) in [5, 5.41) is 9.31. The van der Waals surface area contributed by atoms with Crippen LogP contribution in [0.15, 0.2) is 17.0 Å². The van der Waals surface area contributed by atoms with Gasteiger partial charge in [-0.3, -0.25) is 4.98 Å². The van der Waals surface area contributed by atoms with Crippen LogP contribution in [0.5, 0.6) is 0 Å². The minimum Gasteiger partial charge on any atom is -0.255 e. The third-order valence-corrected chi connectivity index (χ3v) is 3.74. The fraction of sp³-hybridized carbons (Fsp3) is 0.545. The smallest absolute Gasteiger partial charge is 0.248 e. The first-order chi connectivity index (χ1) is 7.99. The molecule has 0 spiro atoms. The van der Waals surface area contributed by atoms with Gasteiger partial charge in [0.15, 0.2) is 0 Å². The fourth-order valence-corrected chi connectivity index (χ4v) is 2.69. The lowest BCUT2D eigenvalue weighted by Gasteiger charge is -2.34. The van der Waals surface area contributed by atoms with E-state index in [1.165, 1.54) is 12.4 Å². The molecule has 1 heterocycles. The second-order valence-corrected chi connectivity index (χ2v) is 5.00. The number of aromatic nitrogens is 2. The molecule has 0 aliphatic heterocycles. The van der Waals surface area contributed by atoms with Gasteiger partial charge in [0.25, 0.3) is 0 Å². The molecule has 90 valence electrons. The van der Waals surface area contributed by atoms with Gasteiger partial charge in [0.1, 0.15) is 10.0 Å². The van der Waals surface area contributed by atoms with E-state index in [1.807, 2.05) is 0 Å². The van der Waals surface area contributed by atoms with Crippen LogP contribution in [0.4, 0.5) is 8.78 Å². The predicted octanol–water partition coefficient (Wildman–Crippen LogP) is 3.21. The molecule has 0 atom stereocenters. The van der Waals surface area contributed by atoms with E-state index in [2.05, 4.69) is 32.0 Å². The maximum absolute atomic E-state index is 13.1. The summed E-state index contributed by atoms with van der Waals surface area (Å²) in [5.74, 6) is -2.66. The van der Waals surface area contributed by atoms with Gasteiger partial charge in [0.2, 0.25) is 5.92 Å². The molecule has 17 heavy (non-hydrogen) atoms. The van der Waals surface area contributed by atoms with Gasteiger partial charge < -0.3 is 0 Å². The number of alkyl halides is 2. The van der Waals surface area contributed by atoms with Crippen LogP contribution in [0.25, 0.3) is 0 Å². The Balaban J connectivity index is 2.35. The van der Waals surface area contributed by atoms with Crippen molar-refractivity contribution in [3.05, 3.63) is 22.7 Å². The molecule has 0 bridgehead atoms. The summed E-state index contributed by atoms with van der Waals surface area (Å²) in [5.41, 5.74) is -0.465. The Morgan fingerprint density at radius 2 is 1.76 bits per heavy atom. The van der Waals surface area contributed by atoms with Crippen molar-refractivity contribution >= 4 is 15.9 Å².